The normalized spacial score (nSPS) is 11.3. The van der Waals surface area contributed by atoms with Gasteiger partial charge in [0.2, 0.25) is 10.0 Å². The summed E-state index contributed by atoms with van der Waals surface area (Å²) >= 11 is 6.10. The van der Waals surface area contributed by atoms with E-state index >= 15 is 0 Å². The second-order valence-electron chi connectivity index (χ2n) is 8.22. The first kappa shape index (κ1) is 26.3. The molecule has 10 heteroatoms. The number of rotatable bonds is 9. The van der Waals surface area contributed by atoms with Crippen LogP contribution in [0.1, 0.15) is 16.7 Å². The van der Waals surface area contributed by atoms with Gasteiger partial charge >= 0.3 is 6.03 Å². The summed E-state index contributed by atoms with van der Waals surface area (Å²) in [6.07, 6.45) is 3.28. The highest BCUT2D eigenvalue weighted by atomic mass is 35.5. The average molecular weight is 539 g/mol. The molecule has 4 aromatic rings. The van der Waals surface area contributed by atoms with Crippen molar-refractivity contribution in [2.75, 3.05) is 5.32 Å². The van der Waals surface area contributed by atoms with Crippen LogP contribution < -0.4 is 10.6 Å². The van der Waals surface area contributed by atoms with E-state index < -0.39 is 21.9 Å². The van der Waals surface area contributed by atoms with Gasteiger partial charge in [0.05, 0.1) is 4.90 Å². The Morgan fingerprint density at radius 1 is 0.865 bits per heavy atom. The number of amides is 2. The van der Waals surface area contributed by atoms with Gasteiger partial charge in [-0.1, -0.05) is 35.9 Å². The van der Waals surface area contributed by atoms with Crippen molar-refractivity contribution in [2.24, 2.45) is 0 Å². The summed E-state index contributed by atoms with van der Waals surface area (Å²) in [6.45, 7) is 0.423. The van der Waals surface area contributed by atoms with Crippen molar-refractivity contribution in [3.63, 3.8) is 0 Å². The van der Waals surface area contributed by atoms with Crippen molar-refractivity contribution in [3.8, 4) is 0 Å². The Morgan fingerprint density at radius 3 is 2.22 bits per heavy atom. The van der Waals surface area contributed by atoms with Gasteiger partial charge < -0.3 is 10.6 Å². The van der Waals surface area contributed by atoms with Gasteiger partial charge in [0, 0.05) is 42.7 Å². The number of hydrogen-bond donors (Lipinski definition) is 2. The molecule has 7 nitrogen and oxygen atoms in total. The van der Waals surface area contributed by atoms with Crippen molar-refractivity contribution >= 4 is 33.3 Å². The maximum atomic E-state index is 13.6. The first-order chi connectivity index (χ1) is 17.8. The maximum Gasteiger partial charge on any atom is 0.319 e. The lowest BCUT2D eigenvalue weighted by Gasteiger charge is -2.23. The molecule has 2 amide bonds. The number of benzene rings is 3. The molecule has 1 heterocycles. The largest absolute Gasteiger partial charge is 0.334 e. The van der Waals surface area contributed by atoms with Crippen LogP contribution in [0.5, 0.6) is 0 Å². The number of urea groups is 1. The topological polar surface area (TPSA) is 91.4 Å². The van der Waals surface area contributed by atoms with Gasteiger partial charge in [0.25, 0.3) is 0 Å². The molecule has 0 bridgehead atoms. The van der Waals surface area contributed by atoms with Gasteiger partial charge in [-0.3, -0.25) is 4.98 Å². The Labute approximate surface area is 220 Å². The lowest BCUT2D eigenvalue weighted by atomic mass is 10.2. The zero-order chi connectivity index (χ0) is 26.3. The number of hydrogen-bond acceptors (Lipinski definition) is 4. The van der Waals surface area contributed by atoms with Crippen molar-refractivity contribution in [1.82, 2.24) is 14.6 Å². The highest BCUT2D eigenvalue weighted by Crippen LogP contribution is 2.24. The first-order valence-electron chi connectivity index (χ1n) is 11.3. The molecule has 0 fully saturated rings. The number of nitrogens with one attached hydrogen (secondary N) is 2. The molecule has 0 spiro atoms. The fourth-order valence-electron chi connectivity index (χ4n) is 3.58. The molecular formula is C27H24ClFN4O3S. The fraction of sp³-hybridized carbons (Fsp3) is 0.111. The quantitative estimate of drug-likeness (QED) is 0.291. The summed E-state index contributed by atoms with van der Waals surface area (Å²) < 4.78 is 41.9. The van der Waals surface area contributed by atoms with Crippen molar-refractivity contribution in [1.29, 1.82) is 0 Å². The van der Waals surface area contributed by atoms with Gasteiger partial charge in [-0.15, -0.1) is 0 Å². The molecular weight excluding hydrogens is 515 g/mol. The number of aromatic nitrogens is 1. The number of pyridine rings is 1. The Balaban J connectivity index is 1.49. The molecule has 0 aliphatic carbocycles. The minimum Gasteiger partial charge on any atom is -0.334 e. The van der Waals surface area contributed by atoms with E-state index in [1.165, 1.54) is 40.7 Å². The van der Waals surface area contributed by atoms with E-state index in [2.05, 4.69) is 15.6 Å². The van der Waals surface area contributed by atoms with Crippen LogP contribution in [0.15, 0.2) is 102 Å². The van der Waals surface area contributed by atoms with Crippen LogP contribution >= 0.6 is 11.6 Å². The monoisotopic (exact) mass is 538 g/mol. The molecule has 0 saturated heterocycles. The standard InChI is InChI=1S/C27H24ClFN4O3S/c28-23-3-1-2-22(16-23)19-33(18-21-4-6-24(29)7-5-21)37(35,36)26-10-8-25(9-11-26)32-27(34)31-17-20-12-14-30-15-13-20/h1-16H,17-19H2,(H2,31,32,34). The number of halogens is 2. The van der Waals surface area contributed by atoms with Crippen LogP contribution in [0.25, 0.3) is 0 Å². The van der Waals surface area contributed by atoms with Gasteiger partial charge in [-0.25, -0.2) is 17.6 Å². The fourth-order valence-corrected chi connectivity index (χ4v) is 5.20. The molecule has 0 atom stereocenters. The lowest BCUT2D eigenvalue weighted by Crippen LogP contribution is -2.30. The predicted octanol–water partition coefficient (Wildman–Crippen LogP) is 5.59. The lowest BCUT2D eigenvalue weighted by molar-refractivity contribution is 0.251. The van der Waals surface area contributed by atoms with E-state index in [0.29, 0.717) is 28.4 Å². The van der Waals surface area contributed by atoms with Crippen LogP contribution in [-0.2, 0) is 29.7 Å². The second kappa shape index (κ2) is 12.0. The molecule has 0 saturated carbocycles. The van der Waals surface area contributed by atoms with Gasteiger partial charge in [-0.05, 0) is 77.4 Å². The minimum absolute atomic E-state index is 0.0343. The zero-order valence-corrected chi connectivity index (χ0v) is 21.2. The molecule has 2 N–H and O–H groups in total. The third-order valence-electron chi connectivity index (χ3n) is 5.47. The zero-order valence-electron chi connectivity index (χ0n) is 19.6. The third kappa shape index (κ3) is 7.36. The van der Waals surface area contributed by atoms with Crippen LogP contribution in [0.2, 0.25) is 5.02 Å². The summed E-state index contributed by atoms with van der Waals surface area (Å²) in [5, 5.41) is 5.91. The average Bonchev–Trinajstić information content (AvgIpc) is 2.89. The smallest absolute Gasteiger partial charge is 0.319 e. The first-order valence-corrected chi connectivity index (χ1v) is 13.1. The second-order valence-corrected chi connectivity index (χ2v) is 10.6. The summed E-state index contributed by atoms with van der Waals surface area (Å²) in [6, 6.07) is 21.7. The summed E-state index contributed by atoms with van der Waals surface area (Å²) in [7, 11) is -3.95. The van der Waals surface area contributed by atoms with Crippen molar-refractivity contribution < 1.29 is 17.6 Å². The minimum atomic E-state index is -3.95. The number of carbonyl (C=O) groups excluding carboxylic acids is 1. The number of carbonyl (C=O) groups is 1. The van der Waals surface area contributed by atoms with Crippen LogP contribution in [0.4, 0.5) is 14.9 Å². The maximum absolute atomic E-state index is 13.6. The van der Waals surface area contributed by atoms with E-state index in [-0.39, 0.29) is 18.0 Å². The third-order valence-corrected chi connectivity index (χ3v) is 7.51. The summed E-state index contributed by atoms with van der Waals surface area (Å²) in [4.78, 5) is 16.2. The van der Waals surface area contributed by atoms with E-state index in [1.54, 1.807) is 60.9 Å². The Bertz CT molecular complexity index is 1450. The molecule has 0 aliphatic rings. The predicted molar refractivity (Wildman–Crippen MR) is 141 cm³/mol. The number of sulfonamides is 1. The van der Waals surface area contributed by atoms with Crippen LogP contribution in [0.3, 0.4) is 0 Å². The van der Waals surface area contributed by atoms with Gasteiger partial charge in [0.1, 0.15) is 5.82 Å². The SMILES string of the molecule is O=C(NCc1ccncc1)Nc1ccc(S(=O)(=O)N(Cc2ccc(F)cc2)Cc2cccc(Cl)c2)cc1. The number of anilines is 1. The molecule has 190 valence electrons. The highest BCUT2D eigenvalue weighted by Gasteiger charge is 2.25. The van der Waals surface area contributed by atoms with E-state index in [1.807, 2.05) is 0 Å². The van der Waals surface area contributed by atoms with E-state index in [9.17, 15) is 17.6 Å². The Morgan fingerprint density at radius 2 is 1.54 bits per heavy atom. The van der Waals surface area contributed by atoms with Crippen LogP contribution in [0, 0.1) is 5.82 Å². The van der Waals surface area contributed by atoms with Gasteiger partial charge in [0.15, 0.2) is 0 Å². The van der Waals surface area contributed by atoms with E-state index in [0.717, 1.165) is 5.56 Å². The number of nitrogens with zero attached hydrogens (tertiary/aromatic N) is 2. The molecule has 0 unspecified atom stereocenters. The molecule has 4 rings (SSSR count). The Kier molecular flexibility index (Phi) is 8.50. The van der Waals surface area contributed by atoms with Crippen molar-refractivity contribution in [2.45, 2.75) is 24.5 Å². The summed E-state index contributed by atoms with van der Waals surface area (Å²) in [5.74, 6) is -0.402. The van der Waals surface area contributed by atoms with Crippen LogP contribution in [-0.4, -0.2) is 23.7 Å². The molecule has 0 aliphatic heterocycles. The highest BCUT2D eigenvalue weighted by molar-refractivity contribution is 7.89. The summed E-state index contributed by atoms with van der Waals surface area (Å²) in [5.41, 5.74) is 2.68. The molecule has 3 aromatic carbocycles. The van der Waals surface area contributed by atoms with Gasteiger partial charge in [-0.2, -0.15) is 4.31 Å². The Hall–Kier alpha value is -3.79. The molecule has 1 aromatic heterocycles. The van der Waals surface area contributed by atoms with Crippen molar-refractivity contribution in [3.05, 3.63) is 125 Å². The molecule has 0 radical (unpaired) electrons. The van der Waals surface area contributed by atoms with E-state index in [4.69, 9.17) is 11.6 Å². The molecule has 37 heavy (non-hydrogen) atoms.